The molecule has 3 aromatic rings. The molecule has 4 rings (SSSR count). The van der Waals surface area contributed by atoms with E-state index in [4.69, 9.17) is 9.47 Å². The number of aromatic amines is 1. The molecular weight excluding hydrogens is 300 g/mol. The number of aromatic nitrogens is 1. The molecule has 124 valence electrons. The first-order valence-electron chi connectivity index (χ1n) is 8.27. The van der Waals surface area contributed by atoms with Gasteiger partial charge in [-0.15, -0.1) is 0 Å². The number of aryl methyl sites for hydroxylation is 1. The van der Waals surface area contributed by atoms with E-state index in [0.29, 0.717) is 0 Å². The Kier molecular flexibility index (Phi) is 3.69. The molecule has 0 amide bonds. The highest BCUT2D eigenvalue weighted by Gasteiger charge is 2.25. The van der Waals surface area contributed by atoms with Crippen LogP contribution in [-0.2, 0) is 6.42 Å². The number of ether oxygens (including phenoxy) is 2. The molecule has 0 saturated heterocycles. The van der Waals surface area contributed by atoms with E-state index in [9.17, 15) is 0 Å². The number of H-pyrrole nitrogens is 1. The lowest BCUT2D eigenvalue weighted by atomic mass is 9.93. The van der Waals surface area contributed by atoms with Crippen molar-refractivity contribution in [2.24, 2.45) is 0 Å². The van der Waals surface area contributed by atoms with Crippen molar-refractivity contribution in [1.29, 1.82) is 0 Å². The summed E-state index contributed by atoms with van der Waals surface area (Å²) in [6.45, 7) is 3.06. The topological polar surface area (TPSA) is 46.3 Å². The molecule has 1 aromatic heterocycles. The zero-order valence-corrected chi connectivity index (χ0v) is 14.3. The Balaban J connectivity index is 1.85. The molecule has 24 heavy (non-hydrogen) atoms. The lowest BCUT2D eigenvalue weighted by molar-refractivity contribution is 0.413. The van der Waals surface area contributed by atoms with Crippen LogP contribution in [0, 0.1) is 6.92 Å². The fraction of sp³-hybridized carbons (Fsp3) is 0.300. The summed E-state index contributed by atoms with van der Waals surface area (Å²) in [5.41, 5.74) is 6.22. The Morgan fingerprint density at radius 1 is 1.00 bits per heavy atom. The van der Waals surface area contributed by atoms with Gasteiger partial charge in [0, 0.05) is 23.1 Å². The molecule has 2 heterocycles. The fourth-order valence-corrected chi connectivity index (χ4v) is 3.68. The molecule has 0 fully saturated rings. The molecule has 0 spiro atoms. The average molecular weight is 322 g/mol. The van der Waals surface area contributed by atoms with Gasteiger partial charge >= 0.3 is 0 Å². The minimum Gasteiger partial charge on any atom is -0.497 e. The maximum absolute atomic E-state index is 5.45. The van der Waals surface area contributed by atoms with Crippen LogP contribution in [0.4, 0.5) is 0 Å². The van der Waals surface area contributed by atoms with Gasteiger partial charge in [-0.1, -0.05) is 6.07 Å². The van der Waals surface area contributed by atoms with Crippen molar-refractivity contribution >= 4 is 10.9 Å². The second-order valence-electron chi connectivity index (χ2n) is 6.35. The molecule has 0 bridgehead atoms. The van der Waals surface area contributed by atoms with E-state index in [0.717, 1.165) is 30.0 Å². The highest BCUT2D eigenvalue weighted by Crippen LogP contribution is 2.36. The Hall–Kier alpha value is -2.46. The van der Waals surface area contributed by atoms with Gasteiger partial charge in [-0.2, -0.15) is 0 Å². The number of methoxy groups -OCH3 is 2. The number of rotatable bonds is 3. The van der Waals surface area contributed by atoms with Crippen molar-refractivity contribution in [2.75, 3.05) is 20.8 Å². The second kappa shape index (κ2) is 5.87. The molecule has 4 nitrogen and oxygen atoms in total. The van der Waals surface area contributed by atoms with Crippen LogP contribution in [-0.4, -0.2) is 25.7 Å². The first-order valence-corrected chi connectivity index (χ1v) is 8.27. The molecule has 2 N–H and O–H groups in total. The number of fused-ring (bicyclic) bond motifs is 3. The van der Waals surface area contributed by atoms with Crippen molar-refractivity contribution in [1.82, 2.24) is 10.3 Å². The van der Waals surface area contributed by atoms with Crippen molar-refractivity contribution in [3.63, 3.8) is 0 Å². The summed E-state index contributed by atoms with van der Waals surface area (Å²) in [6, 6.07) is 12.8. The minimum atomic E-state index is 0.154. The van der Waals surface area contributed by atoms with E-state index in [1.54, 1.807) is 14.2 Å². The van der Waals surface area contributed by atoms with E-state index >= 15 is 0 Å². The third kappa shape index (κ3) is 2.43. The molecule has 1 aliphatic heterocycles. The maximum Gasteiger partial charge on any atom is 0.119 e. The lowest BCUT2D eigenvalue weighted by Gasteiger charge is -2.25. The Morgan fingerprint density at radius 3 is 2.62 bits per heavy atom. The van der Waals surface area contributed by atoms with Gasteiger partial charge in [0.05, 0.1) is 20.3 Å². The van der Waals surface area contributed by atoms with E-state index in [1.165, 1.54) is 27.8 Å². The summed E-state index contributed by atoms with van der Waals surface area (Å²) in [5, 5.41) is 4.90. The third-order valence-electron chi connectivity index (χ3n) is 4.80. The molecule has 1 aliphatic rings. The first-order chi connectivity index (χ1) is 11.7. The van der Waals surface area contributed by atoms with Gasteiger partial charge in [-0.3, -0.25) is 0 Å². The third-order valence-corrected chi connectivity index (χ3v) is 4.80. The summed E-state index contributed by atoms with van der Waals surface area (Å²) in [7, 11) is 3.43. The van der Waals surface area contributed by atoms with Crippen molar-refractivity contribution in [3.8, 4) is 11.5 Å². The van der Waals surface area contributed by atoms with E-state index in [1.807, 2.05) is 6.07 Å². The standard InChI is InChI=1S/C20H22N2O2/c1-12-8-13(10-15(9-12)24-3)19-20-16(6-7-21-19)17-11-14(23-2)4-5-18(17)22-20/h4-5,8-11,19,21-22H,6-7H2,1-3H3. The predicted molar refractivity (Wildman–Crippen MR) is 96.1 cm³/mol. The van der Waals surface area contributed by atoms with Crippen molar-refractivity contribution < 1.29 is 9.47 Å². The molecule has 1 atom stereocenters. The van der Waals surface area contributed by atoms with Crippen molar-refractivity contribution in [3.05, 3.63) is 58.8 Å². The molecule has 0 aliphatic carbocycles. The van der Waals surface area contributed by atoms with Gasteiger partial charge in [0.1, 0.15) is 11.5 Å². The van der Waals surface area contributed by atoms with E-state index < -0.39 is 0 Å². The minimum absolute atomic E-state index is 0.154. The van der Waals surface area contributed by atoms with E-state index in [-0.39, 0.29) is 6.04 Å². The zero-order valence-electron chi connectivity index (χ0n) is 14.3. The summed E-state index contributed by atoms with van der Waals surface area (Å²) >= 11 is 0. The van der Waals surface area contributed by atoms with Gasteiger partial charge in [-0.25, -0.2) is 0 Å². The maximum atomic E-state index is 5.45. The SMILES string of the molecule is COc1cc(C)cc(C2NCCc3c2[nH]c2ccc(OC)cc32)c1. The van der Waals surface area contributed by atoms with Gasteiger partial charge < -0.3 is 19.8 Å². The molecule has 4 heteroatoms. The number of hydrogen-bond acceptors (Lipinski definition) is 3. The molecule has 0 saturated carbocycles. The van der Waals surface area contributed by atoms with Crippen LogP contribution in [0.15, 0.2) is 36.4 Å². The van der Waals surface area contributed by atoms with E-state index in [2.05, 4.69) is 47.6 Å². The Morgan fingerprint density at radius 2 is 1.83 bits per heavy atom. The second-order valence-corrected chi connectivity index (χ2v) is 6.35. The summed E-state index contributed by atoms with van der Waals surface area (Å²) in [5.74, 6) is 1.80. The van der Waals surface area contributed by atoms with Crippen LogP contribution in [0.3, 0.4) is 0 Å². The van der Waals surface area contributed by atoms with Gasteiger partial charge in [0.25, 0.3) is 0 Å². The summed E-state index contributed by atoms with van der Waals surface area (Å²) < 4.78 is 10.8. The number of nitrogens with one attached hydrogen (secondary N) is 2. The van der Waals surface area contributed by atoms with Gasteiger partial charge in [-0.05, 0) is 60.4 Å². The van der Waals surface area contributed by atoms with Crippen LogP contribution in [0.25, 0.3) is 10.9 Å². The predicted octanol–water partition coefficient (Wildman–Crippen LogP) is 3.73. The largest absolute Gasteiger partial charge is 0.497 e. The van der Waals surface area contributed by atoms with Crippen LogP contribution in [0.5, 0.6) is 11.5 Å². The van der Waals surface area contributed by atoms with Crippen molar-refractivity contribution in [2.45, 2.75) is 19.4 Å². The van der Waals surface area contributed by atoms with Crippen LogP contribution in [0.2, 0.25) is 0 Å². The molecule has 1 unspecified atom stereocenters. The highest BCUT2D eigenvalue weighted by atomic mass is 16.5. The van der Waals surface area contributed by atoms with Gasteiger partial charge in [0.2, 0.25) is 0 Å². The normalized spacial score (nSPS) is 16.9. The zero-order chi connectivity index (χ0) is 16.7. The lowest BCUT2D eigenvalue weighted by Crippen LogP contribution is -2.30. The van der Waals surface area contributed by atoms with Gasteiger partial charge in [0.15, 0.2) is 0 Å². The van der Waals surface area contributed by atoms with Crippen LogP contribution >= 0.6 is 0 Å². The fourth-order valence-electron chi connectivity index (χ4n) is 3.68. The van der Waals surface area contributed by atoms with Crippen LogP contribution < -0.4 is 14.8 Å². The quantitative estimate of drug-likeness (QED) is 0.772. The van der Waals surface area contributed by atoms with Crippen LogP contribution in [0.1, 0.15) is 28.4 Å². The number of hydrogen-bond donors (Lipinski definition) is 2. The summed E-state index contributed by atoms with van der Waals surface area (Å²) in [4.78, 5) is 3.61. The smallest absolute Gasteiger partial charge is 0.119 e. The number of benzene rings is 2. The summed E-state index contributed by atoms with van der Waals surface area (Å²) in [6.07, 6.45) is 1.02. The Bertz CT molecular complexity index is 898. The average Bonchev–Trinajstić information content (AvgIpc) is 2.98. The molecule has 2 aromatic carbocycles. The molecule has 0 radical (unpaired) electrons. The first kappa shape index (κ1) is 15.1. The monoisotopic (exact) mass is 322 g/mol. The Labute approximate surface area is 141 Å². The molecular formula is C20H22N2O2. The highest BCUT2D eigenvalue weighted by molar-refractivity contribution is 5.86.